The van der Waals surface area contributed by atoms with Crippen molar-refractivity contribution in [2.45, 2.75) is 6.42 Å². The predicted octanol–water partition coefficient (Wildman–Crippen LogP) is 4.19. The normalized spacial score (nSPS) is 10.5. The first-order chi connectivity index (χ1) is 11.2. The molecule has 3 aromatic rings. The number of carbonyl (C=O) groups excluding carboxylic acids is 1. The van der Waals surface area contributed by atoms with E-state index in [1.807, 2.05) is 30.3 Å². The third-order valence-electron chi connectivity index (χ3n) is 3.57. The first kappa shape index (κ1) is 15.5. The lowest BCUT2D eigenvalue weighted by Gasteiger charge is -2.12. The summed E-state index contributed by atoms with van der Waals surface area (Å²) in [5, 5.41) is 4.95. The molecule has 0 saturated heterocycles. The average Bonchev–Trinajstić information content (AvgIpc) is 2.55. The molecule has 4 nitrogen and oxygen atoms in total. The predicted molar refractivity (Wildman–Crippen MR) is 94.8 cm³/mol. The lowest BCUT2D eigenvalue weighted by molar-refractivity contribution is -0.115. The molecule has 0 saturated carbocycles. The van der Waals surface area contributed by atoms with E-state index in [9.17, 15) is 4.79 Å². The van der Waals surface area contributed by atoms with E-state index in [4.69, 9.17) is 4.74 Å². The zero-order chi connectivity index (χ0) is 16.2. The number of methoxy groups -OCH3 is 1. The lowest BCUT2D eigenvalue weighted by Crippen LogP contribution is -2.15. The van der Waals surface area contributed by atoms with Crippen LogP contribution in [0, 0.1) is 0 Å². The highest BCUT2D eigenvalue weighted by Gasteiger charge is 2.13. The SMILES string of the molecule is COc1ccc2cc(Br)ccc2c1CC(=O)Nc1ccncc1. The van der Waals surface area contributed by atoms with Gasteiger partial charge in [-0.2, -0.15) is 0 Å². The van der Waals surface area contributed by atoms with E-state index >= 15 is 0 Å². The van der Waals surface area contributed by atoms with Crippen LogP contribution in [0.15, 0.2) is 59.3 Å². The van der Waals surface area contributed by atoms with Gasteiger partial charge in [-0.05, 0) is 41.1 Å². The molecule has 0 unspecified atom stereocenters. The molecule has 1 N–H and O–H groups in total. The number of ether oxygens (including phenoxy) is 1. The number of aromatic nitrogens is 1. The Morgan fingerprint density at radius 3 is 2.70 bits per heavy atom. The molecule has 1 amide bonds. The number of rotatable bonds is 4. The minimum absolute atomic E-state index is 0.0927. The van der Waals surface area contributed by atoms with Crippen LogP contribution in [0.2, 0.25) is 0 Å². The Bertz CT molecular complexity index is 850. The third kappa shape index (κ3) is 3.51. The maximum absolute atomic E-state index is 12.4. The molecule has 0 aliphatic carbocycles. The Hall–Kier alpha value is -2.40. The Morgan fingerprint density at radius 2 is 1.96 bits per heavy atom. The van der Waals surface area contributed by atoms with E-state index in [1.54, 1.807) is 31.6 Å². The summed E-state index contributed by atoms with van der Waals surface area (Å²) in [4.78, 5) is 16.3. The largest absolute Gasteiger partial charge is 0.496 e. The van der Waals surface area contributed by atoms with Gasteiger partial charge in [-0.15, -0.1) is 0 Å². The number of anilines is 1. The van der Waals surface area contributed by atoms with Crippen molar-refractivity contribution in [3.8, 4) is 5.75 Å². The number of halogens is 1. The standard InChI is InChI=1S/C18H15BrN2O2/c1-23-17-5-2-12-10-13(19)3-4-15(12)16(17)11-18(22)21-14-6-8-20-9-7-14/h2-10H,11H2,1H3,(H,20,21,22). The van der Waals surface area contributed by atoms with Crippen LogP contribution in [0.5, 0.6) is 5.75 Å². The maximum atomic E-state index is 12.4. The van der Waals surface area contributed by atoms with Crippen molar-refractivity contribution in [3.63, 3.8) is 0 Å². The highest BCUT2D eigenvalue weighted by molar-refractivity contribution is 9.10. The number of nitrogens with one attached hydrogen (secondary N) is 1. The van der Waals surface area contributed by atoms with Gasteiger partial charge in [0.2, 0.25) is 5.91 Å². The van der Waals surface area contributed by atoms with Gasteiger partial charge in [0.25, 0.3) is 0 Å². The van der Waals surface area contributed by atoms with Gasteiger partial charge < -0.3 is 10.1 Å². The molecule has 0 bridgehead atoms. The summed E-state index contributed by atoms with van der Waals surface area (Å²) in [5.74, 6) is 0.620. The third-order valence-corrected chi connectivity index (χ3v) is 4.07. The number of fused-ring (bicyclic) bond motifs is 1. The molecular weight excluding hydrogens is 356 g/mol. The molecule has 23 heavy (non-hydrogen) atoms. The Labute approximate surface area is 142 Å². The van der Waals surface area contributed by atoms with E-state index in [-0.39, 0.29) is 12.3 Å². The molecule has 0 fully saturated rings. The molecule has 2 aromatic carbocycles. The van der Waals surface area contributed by atoms with Gasteiger partial charge in [-0.3, -0.25) is 9.78 Å². The van der Waals surface area contributed by atoms with Crippen LogP contribution in [0.4, 0.5) is 5.69 Å². The van der Waals surface area contributed by atoms with E-state index in [0.717, 1.165) is 26.5 Å². The summed E-state index contributed by atoms with van der Waals surface area (Å²) in [5.41, 5.74) is 1.61. The van der Waals surface area contributed by atoms with E-state index in [0.29, 0.717) is 5.75 Å². The van der Waals surface area contributed by atoms with Crippen molar-refractivity contribution in [1.29, 1.82) is 0 Å². The monoisotopic (exact) mass is 370 g/mol. The lowest BCUT2D eigenvalue weighted by atomic mass is 10.0. The summed E-state index contributed by atoms with van der Waals surface area (Å²) in [6, 6.07) is 13.4. The van der Waals surface area contributed by atoms with Gasteiger partial charge in [0.15, 0.2) is 0 Å². The van der Waals surface area contributed by atoms with Gasteiger partial charge in [0.05, 0.1) is 13.5 Å². The fourth-order valence-electron chi connectivity index (χ4n) is 2.52. The zero-order valence-electron chi connectivity index (χ0n) is 12.5. The van der Waals surface area contributed by atoms with Gasteiger partial charge >= 0.3 is 0 Å². The van der Waals surface area contributed by atoms with Crippen molar-refractivity contribution < 1.29 is 9.53 Å². The maximum Gasteiger partial charge on any atom is 0.228 e. The number of pyridine rings is 1. The molecule has 1 aromatic heterocycles. The van der Waals surface area contributed by atoms with Crippen molar-refractivity contribution in [1.82, 2.24) is 4.98 Å². The summed E-state index contributed by atoms with van der Waals surface area (Å²) >= 11 is 3.47. The van der Waals surface area contributed by atoms with Gasteiger partial charge in [-0.25, -0.2) is 0 Å². The van der Waals surface area contributed by atoms with Crippen molar-refractivity contribution in [3.05, 3.63) is 64.9 Å². The fraction of sp³-hybridized carbons (Fsp3) is 0.111. The van der Waals surface area contributed by atoms with Crippen LogP contribution in [-0.4, -0.2) is 18.0 Å². The van der Waals surface area contributed by atoms with Crippen LogP contribution in [0.3, 0.4) is 0 Å². The van der Waals surface area contributed by atoms with Crippen molar-refractivity contribution in [2.75, 3.05) is 12.4 Å². The Kier molecular flexibility index (Phi) is 4.57. The molecule has 0 radical (unpaired) electrons. The molecule has 0 atom stereocenters. The second-order valence-corrected chi connectivity index (χ2v) is 5.99. The molecule has 1 heterocycles. The van der Waals surface area contributed by atoms with E-state index < -0.39 is 0 Å². The molecule has 0 aliphatic heterocycles. The summed E-state index contributed by atoms with van der Waals surface area (Å²) in [6.07, 6.45) is 3.53. The average molecular weight is 371 g/mol. The highest BCUT2D eigenvalue weighted by atomic mass is 79.9. The molecular formula is C18H15BrN2O2. The molecule has 0 spiro atoms. The summed E-state index contributed by atoms with van der Waals surface area (Å²) in [6.45, 7) is 0. The van der Waals surface area contributed by atoms with Gasteiger partial charge in [0.1, 0.15) is 5.75 Å². The van der Waals surface area contributed by atoms with Crippen molar-refractivity contribution in [2.24, 2.45) is 0 Å². The minimum Gasteiger partial charge on any atom is -0.496 e. The van der Waals surface area contributed by atoms with Crippen molar-refractivity contribution >= 4 is 38.3 Å². The molecule has 5 heteroatoms. The number of nitrogens with zero attached hydrogens (tertiary/aromatic N) is 1. The second kappa shape index (κ2) is 6.79. The summed E-state index contributed by atoms with van der Waals surface area (Å²) < 4.78 is 6.44. The quantitative estimate of drug-likeness (QED) is 0.748. The highest BCUT2D eigenvalue weighted by Crippen LogP contribution is 2.30. The van der Waals surface area contributed by atoms with Crippen LogP contribution in [0.25, 0.3) is 10.8 Å². The zero-order valence-corrected chi connectivity index (χ0v) is 14.1. The van der Waals surface area contributed by atoms with Crippen LogP contribution >= 0.6 is 15.9 Å². The molecule has 3 rings (SSSR count). The minimum atomic E-state index is -0.0927. The number of carbonyl (C=O) groups is 1. The topological polar surface area (TPSA) is 51.2 Å². The van der Waals surface area contributed by atoms with Crippen LogP contribution in [-0.2, 0) is 11.2 Å². The Balaban J connectivity index is 1.93. The Morgan fingerprint density at radius 1 is 1.17 bits per heavy atom. The first-order valence-corrected chi connectivity index (χ1v) is 7.91. The smallest absolute Gasteiger partial charge is 0.228 e. The fourth-order valence-corrected chi connectivity index (χ4v) is 2.90. The number of benzene rings is 2. The number of hydrogen-bond donors (Lipinski definition) is 1. The van der Waals surface area contributed by atoms with Gasteiger partial charge in [-0.1, -0.05) is 28.1 Å². The van der Waals surface area contributed by atoms with E-state index in [2.05, 4.69) is 26.2 Å². The number of hydrogen-bond acceptors (Lipinski definition) is 3. The van der Waals surface area contributed by atoms with Crippen LogP contribution in [0.1, 0.15) is 5.56 Å². The summed E-state index contributed by atoms with van der Waals surface area (Å²) in [7, 11) is 1.62. The molecule has 116 valence electrons. The van der Waals surface area contributed by atoms with Crippen LogP contribution < -0.4 is 10.1 Å². The second-order valence-electron chi connectivity index (χ2n) is 5.07. The number of amides is 1. The van der Waals surface area contributed by atoms with E-state index in [1.165, 1.54) is 0 Å². The first-order valence-electron chi connectivity index (χ1n) is 7.12. The van der Waals surface area contributed by atoms with Gasteiger partial charge in [0, 0.05) is 28.1 Å². The molecule has 0 aliphatic rings.